The van der Waals surface area contributed by atoms with Crippen LogP contribution in [0.3, 0.4) is 0 Å². The zero-order chi connectivity index (χ0) is 19.5. The lowest BCUT2D eigenvalue weighted by Crippen LogP contribution is -2.24. The Bertz CT molecular complexity index is 777. The number of rotatable bonds is 7. The Labute approximate surface area is 148 Å². The van der Waals surface area contributed by atoms with Gasteiger partial charge in [-0.15, -0.1) is 0 Å². The summed E-state index contributed by atoms with van der Waals surface area (Å²) in [6.07, 6.45) is -1.72. The average molecular weight is 375 g/mol. The minimum absolute atomic E-state index is 0.0431. The molecule has 26 heavy (non-hydrogen) atoms. The van der Waals surface area contributed by atoms with Crippen molar-refractivity contribution in [3.05, 3.63) is 17.7 Å². The Morgan fingerprint density at radius 1 is 1.04 bits per heavy atom. The summed E-state index contributed by atoms with van der Waals surface area (Å²) in [5.41, 5.74) is -0.275. The van der Waals surface area contributed by atoms with E-state index in [1.54, 1.807) is 0 Å². The van der Waals surface area contributed by atoms with Crippen molar-refractivity contribution in [2.75, 3.05) is 13.2 Å². The summed E-state index contributed by atoms with van der Waals surface area (Å²) in [7, 11) is 0. The third-order valence-corrected chi connectivity index (χ3v) is 4.43. The Kier molecular flexibility index (Phi) is 5.87. The highest BCUT2D eigenvalue weighted by molar-refractivity contribution is 5.83. The molecule has 2 heterocycles. The summed E-state index contributed by atoms with van der Waals surface area (Å²) in [4.78, 5) is 11.7. The number of hydrogen-bond acceptors (Lipinski definition) is 5. The standard InChI is InChI=1S/C17H21F4N3O2/c1-5-16(4,6-2)8-26-15-23-13-11(7-22-10(3)12(13)18)14(24-15)25-9-17(19,20)21/h7H,5-6,8-9H2,1-4H3. The normalized spacial score (nSPS) is 12.5. The molecule has 9 heteroatoms. The molecular weight excluding hydrogens is 354 g/mol. The van der Waals surface area contributed by atoms with Crippen LogP contribution in [0.4, 0.5) is 17.6 Å². The summed E-state index contributed by atoms with van der Waals surface area (Å²) >= 11 is 0. The molecule has 2 rings (SSSR count). The van der Waals surface area contributed by atoms with Gasteiger partial charge in [-0.3, -0.25) is 4.98 Å². The van der Waals surface area contributed by atoms with Gasteiger partial charge in [-0.25, -0.2) is 4.39 Å². The minimum Gasteiger partial charge on any atom is -0.467 e. The molecule has 5 nitrogen and oxygen atoms in total. The summed E-state index contributed by atoms with van der Waals surface area (Å²) in [5, 5.41) is -0.0431. The molecule has 144 valence electrons. The van der Waals surface area contributed by atoms with E-state index in [4.69, 9.17) is 9.47 Å². The second-order valence-electron chi connectivity index (χ2n) is 6.44. The molecule has 0 amide bonds. The maximum absolute atomic E-state index is 14.4. The molecule has 2 aromatic rings. The van der Waals surface area contributed by atoms with Crippen LogP contribution >= 0.6 is 0 Å². The van der Waals surface area contributed by atoms with Crippen molar-refractivity contribution in [2.45, 2.75) is 46.7 Å². The molecular formula is C17H21F4N3O2. The quantitative estimate of drug-likeness (QED) is 0.661. The lowest BCUT2D eigenvalue weighted by Gasteiger charge is -2.25. The number of ether oxygens (including phenoxy) is 2. The third kappa shape index (κ3) is 4.70. The van der Waals surface area contributed by atoms with Crippen LogP contribution in [0.5, 0.6) is 11.9 Å². The zero-order valence-corrected chi connectivity index (χ0v) is 15.1. The molecule has 0 atom stereocenters. The largest absolute Gasteiger partial charge is 0.467 e. The third-order valence-electron chi connectivity index (χ3n) is 4.43. The predicted octanol–water partition coefficient (Wildman–Crippen LogP) is 4.62. The van der Waals surface area contributed by atoms with Crippen molar-refractivity contribution >= 4 is 10.9 Å². The number of aryl methyl sites for hydroxylation is 1. The first-order valence-corrected chi connectivity index (χ1v) is 8.23. The van der Waals surface area contributed by atoms with Crippen LogP contribution < -0.4 is 9.47 Å². The van der Waals surface area contributed by atoms with Gasteiger partial charge in [0.1, 0.15) is 5.52 Å². The van der Waals surface area contributed by atoms with Crippen LogP contribution in [0.2, 0.25) is 0 Å². The first-order valence-electron chi connectivity index (χ1n) is 8.23. The molecule has 0 saturated heterocycles. The molecule has 2 aromatic heterocycles. The van der Waals surface area contributed by atoms with Gasteiger partial charge in [0.15, 0.2) is 12.4 Å². The Morgan fingerprint density at radius 3 is 2.27 bits per heavy atom. The Balaban J connectivity index is 2.42. The number of alkyl halides is 3. The Hall–Kier alpha value is -2.19. The molecule has 0 N–H and O–H groups in total. The predicted molar refractivity (Wildman–Crippen MR) is 87.8 cm³/mol. The van der Waals surface area contributed by atoms with E-state index in [0.29, 0.717) is 0 Å². The summed E-state index contributed by atoms with van der Waals surface area (Å²) in [6, 6.07) is -0.229. The first-order chi connectivity index (χ1) is 12.1. The zero-order valence-electron chi connectivity index (χ0n) is 15.1. The van der Waals surface area contributed by atoms with Gasteiger partial charge in [0.2, 0.25) is 5.88 Å². The van der Waals surface area contributed by atoms with Crippen LogP contribution in [-0.4, -0.2) is 34.3 Å². The molecule has 0 saturated carbocycles. The second kappa shape index (κ2) is 7.59. The fraction of sp³-hybridized carbons (Fsp3) is 0.588. The van der Waals surface area contributed by atoms with E-state index < -0.39 is 24.5 Å². The summed E-state index contributed by atoms with van der Waals surface area (Å²) in [6.45, 7) is 6.12. The fourth-order valence-corrected chi connectivity index (χ4v) is 2.12. The molecule has 0 radical (unpaired) electrons. The van der Waals surface area contributed by atoms with E-state index in [0.717, 1.165) is 12.8 Å². The molecule has 0 aliphatic heterocycles. The maximum Gasteiger partial charge on any atom is 0.422 e. The molecule has 0 aromatic carbocycles. The van der Waals surface area contributed by atoms with Gasteiger partial charge in [-0.05, 0) is 19.8 Å². The number of hydrogen-bond donors (Lipinski definition) is 0. The van der Waals surface area contributed by atoms with Gasteiger partial charge >= 0.3 is 12.2 Å². The molecule has 0 aliphatic carbocycles. The van der Waals surface area contributed by atoms with Crippen LogP contribution in [0.1, 0.15) is 39.3 Å². The molecule has 0 fully saturated rings. The summed E-state index contributed by atoms with van der Waals surface area (Å²) in [5.74, 6) is -1.16. The van der Waals surface area contributed by atoms with Crippen LogP contribution in [0.15, 0.2) is 6.20 Å². The Morgan fingerprint density at radius 2 is 1.69 bits per heavy atom. The minimum atomic E-state index is -4.56. The smallest absolute Gasteiger partial charge is 0.422 e. The second-order valence-corrected chi connectivity index (χ2v) is 6.44. The number of aromatic nitrogens is 3. The highest BCUT2D eigenvalue weighted by Gasteiger charge is 2.30. The van der Waals surface area contributed by atoms with Crippen molar-refractivity contribution < 1.29 is 27.0 Å². The molecule has 0 unspecified atom stereocenters. The van der Waals surface area contributed by atoms with Crippen molar-refractivity contribution in [2.24, 2.45) is 5.41 Å². The lowest BCUT2D eigenvalue weighted by atomic mass is 9.86. The number of halogens is 4. The van der Waals surface area contributed by atoms with E-state index in [1.165, 1.54) is 13.1 Å². The van der Waals surface area contributed by atoms with E-state index in [1.807, 2.05) is 20.8 Å². The van der Waals surface area contributed by atoms with Crippen LogP contribution in [-0.2, 0) is 0 Å². The molecule has 0 bridgehead atoms. The topological polar surface area (TPSA) is 57.1 Å². The number of pyridine rings is 1. The fourth-order valence-electron chi connectivity index (χ4n) is 2.12. The summed E-state index contributed by atoms with van der Waals surface area (Å²) < 4.78 is 62.1. The van der Waals surface area contributed by atoms with Crippen molar-refractivity contribution in [3.8, 4) is 11.9 Å². The monoisotopic (exact) mass is 375 g/mol. The van der Waals surface area contributed by atoms with E-state index in [2.05, 4.69) is 15.0 Å². The highest BCUT2D eigenvalue weighted by Crippen LogP contribution is 2.30. The highest BCUT2D eigenvalue weighted by atomic mass is 19.4. The van der Waals surface area contributed by atoms with Crippen molar-refractivity contribution in [1.29, 1.82) is 0 Å². The van der Waals surface area contributed by atoms with Crippen molar-refractivity contribution in [3.63, 3.8) is 0 Å². The van der Waals surface area contributed by atoms with Gasteiger partial charge < -0.3 is 9.47 Å². The van der Waals surface area contributed by atoms with Crippen molar-refractivity contribution in [1.82, 2.24) is 15.0 Å². The van der Waals surface area contributed by atoms with Gasteiger partial charge in [0.05, 0.1) is 17.7 Å². The maximum atomic E-state index is 14.4. The van der Waals surface area contributed by atoms with E-state index in [-0.39, 0.29) is 34.6 Å². The van der Waals surface area contributed by atoms with Crippen LogP contribution in [0, 0.1) is 18.2 Å². The average Bonchev–Trinajstić information content (AvgIpc) is 2.60. The number of fused-ring (bicyclic) bond motifs is 1. The van der Waals surface area contributed by atoms with Gasteiger partial charge in [0, 0.05) is 11.6 Å². The molecule has 0 spiro atoms. The number of nitrogens with zero attached hydrogens (tertiary/aromatic N) is 3. The SMILES string of the molecule is CCC(C)(CC)COc1nc(OCC(F)(F)F)c2cnc(C)c(F)c2n1. The lowest BCUT2D eigenvalue weighted by molar-refractivity contribution is -0.153. The van der Waals surface area contributed by atoms with E-state index >= 15 is 0 Å². The van der Waals surface area contributed by atoms with Crippen LogP contribution in [0.25, 0.3) is 10.9 Å². The van der Waals surface area contributed by atoms with Gasteiger partial charge in [-0.2, -0.15) is 23.1 Å². The van der Waals surface area contributed by atoms with E-state index in [9.17, 15) is 17.6 Å². The van der Waals surface area contributed by atoms with Gasteiger partial charge in [-0.1, -0.05) is 20.8 Å². The van der Waals surface area contributed by atoms with Gasteiger partial charge in [0.25, 0.3) is 0 Å². The first kappa shape index (κ1) is 20.1. The molecule has 0 aliphatic rings.